The fraction of sp³-hybridized carbons (Fsp3) is 0.429. The third kappa shape index (κ3) is 3.94. The highest BCUT2D eigenvalue weighted by molar-refractivity contribution is 5.81. The lowest BCUT2D eigenvalue weighted by Gasteiger charge is -2.23. The molecule has 0 spiro atoms. The molecule has 0 fully saturated rings. The number of methoxy groups -OCH3 is 1. The van der Waals surface area contributed by atoms with Crippen LogP contribution in [0.4, 0.5) is 0 Å². The predicted octanol–water partition coefficient (Wildman–Crippen LogP) is 3.72. The molecule has 0 aliphatic rings. The average molecular weight is 352 g/mol. The lowest BCUT2D eigenvalue weighted by Crippen LogP contribution is -2.27. The summed E-state index contributed by atoms with van der Waals surface area (Å²) in [6.45, 7) is 10.6. The number of nitrogens with zero attached hydrogens (tertiary/aromatic N) is 4. The molecule has 1 aromatic carbocycles. The van der Waals surface area contributed by atoms with E-state index in [0.29, 0.717) is 6.61 Å². The Labute approximate surface area is 155 Å². The van der Waals surface area contributed by atoms with Crippen molar-refractivity contribution in [1.82, 2.24) is 19.7 Å². The summed E-state index contributed by atoms with van der Waals surface area (Å²) in [6, 6.07) is 10.5. The number of aryl methyl sites for hydroxylation is 2. The SMILES string of the molecule is CCn1nc(C)c(CN(CCOC)Cc2ccnc3ccccc23)c1C. The molecule has 0 amide bonds. The molecule has 26 heavy (non-hydrogen) atoms. The zero-order chi connectivity index (χ0) is 18.5. The standard InChI is InChI=1S/C21H28N4O/c1-5-25-17(3)20(16(2)23-25)15-24(12-13-26-4)14-18-10-11-22-21-9-7-6-8-19(18)21/h6-11H,5,12-15H2,1-4H3. The lowest BCUT2D eigenvalue weighted by molar-refractivity contribution is 0.140. The van der Waals surface area contributed by atoms with Gasteiger partial charge in [-0.1, -0.05) is 18.2 Å². The number of benzene rings is 1. The summed E-state index contributed by atoms with van der Waals surface area (Å²) < 4.78 is 7.43. The Balaban J connectivity index is 1.87. The number of aromatic nitrogens is 3. The number of hydrogen-bond donors (Lipinski definition) is 0. The molecule has 0 aliphatic carbocycles. The fourth-order valence-corrected chi connectivity index (χ4v) is 3.46. The maximum atomic E-state index is 5.35. The van der Waals surface area contributed by atoms with E-state index in [0.717, 1.165) is 37.4 Å². The highest BCUT2D eigenvalue weighted by Gasteiger charge is 2.16. The topological polar surface area (TPSA) is 43.2 Å². The van der Waals surface area contributed by atoms with Crippen molar-refractivity contribution in [3.63, 3.8) is 0 Å². The average Bonchev–Trinajstić information content (AvgIpc) is 2.93. The molecule has 0 saturated heterocycles. The van der Waals surface area contributed by atoms with Crippen molar-refractivity contribution in [1.29, 1.82) is 0 Å². The van der Waals surface area contributed by atoms with Gasteiger partial charge in [0.2, 0.25) is 0 Å². The predicted molar refractivity (Wildman–Crippen MR) is 105 cm³/mol. The minimum Gasteiger partial charge on any atom is -0.383 e. The van der Waals surface area contributed by atoms with Crippen LogP contribution in [0.3, 0.4) is 0 Å². The van der Waals surface area contributed by atoms with Crippen molar-refractivity contribution in [2.75, 3.05) is 20.3 Å². The molecule has 5 heteroatoms. The molecule has 3 aromatic rings. The Kier molecular flexibility index (Phi) is 6.01. The van der Waals surface area contributed by atoms with Gasteiger partial charge in [-0.15, -0.1) is 0 Å². The number of rotatable bonds is 8. The van der Waals surface area contributed by atoms with Crippen LogP contribution in [0.15, 0.2) is 36.5 Å². The first-order valence-electron chi connectivity index (χ1n) is 9.20. The molecule has 5 nitrogen and oxygen atoms in total. The van der Waals surface area contributed by atoms with Crippen molar-refractivity contribution in [2.45, 2.75) is 40.4 Å². The second-order valence-corrected chi connectivity index (χ2v) is 6.66. The van der Waals surface area contributed by atoms with E-state index in [9.17, 15) is 0 Å². The van der Waals surface area contributed by atoms with E-state index in [1.807, 2.05) is 12.3 Å². The van der Waals surface area contributed by atoms with Gasteiger partial charge < -0.3 is 4.74 Å². The molecule has 0 bridgehead atoms. The van der Waals surface area contributed by atoms with Crippen LogP contribution in [0.1, 0.15) is 29.4 Å². The van der Waals surface area contributed by atoms with Gasteiger partial charge in [0.15, 0.2) is 0 Å². The summed E-state index contributed by atoms with van der Waals surface area (Å²) in [5, 5.41) is 5.89. The monoisotopic (exact) mass is 352 g/mol. The maximum Gasteiger partial charge on any atom is 0.0705 e. The van der Waals surface area contributed by atoms with Gasteiger partial charge in [-0.3, -0.25) is 14.6 Å². The van der Waals surface area contributed by atoms with E-state index in [4.69, 9.17) is 4.74 Å². The summed E-state index contributed by atoms with van der Waals surface area (Å²) in [6.07, 6.45) is 1.90. The van der Waals surface area contributed by atoms with Gasteiger partial charge in [-0.05, 0) is 38.5 Å². The molecule has 0 N–H and O–H groups in total. The smallest absolute Gasteiger partial charge is 0.0705 e. The van der Waals surface area contributed by atoms with Crippen molar-refractivity contribution < 1.29 is 4.74 Å². The molecule has 0 atom stereocenters. The van der Waals surface area contributed by atoms with E-state index < -0.39 is 0 Å². The third-order valence-corrected chi connectivity index (χ3v) is 4.96. The maximum absolute atomic E-state index is 5.35. The second kappa shape index (κ2) is 8.43. The van der Waals surface area contributed by atoms with Crippen LogP contribution in [0, 0.1) is 13.8 Å². The van der Waals surface area contributed by atoms with Crippen LogP contribution < -0.4 is 0 Å². The Morgan fingerprint density at radius 1 is 1.12 bits per heavy atom. The quantitative estimate of drug-likeness (QED) is 0.620. The number of pyridine rings is 1. The first-order valence-corrected chi connectivity index (χ1v) is 9.20. The first kappa shape index (κ1) is 18.5. The van der Waals surface area contributed by atoms with Crippen molar-refractivity contribution in [2.24, 2.45) is 0 Å². The van der Waals surface area contributed by atoms with Crippen LogP contribution in [0.5, 0.6) is 0 Å². The molecular formula is C21H28N4O. The van der Waals surface area contributed by atoms with Crippen LogP contribution in [-0.4, -0.2) is 39.9 Å². The van der Waals surface area contributed by atoms with Crippen LogP contribution in [-0.2, 0) is 24.4 Å². The molecular weight excluding hydrogens is 324 g/mol. The zero-order valence-corrected chi connectivity index (χ0v) is 16.2. The summed E-state index contributed by atoms with van der Waals surface area (Å²) in [4.78, 5) is 6.91. The van der Waals surface area contributed by atoms with Gasteiger partial charge in [0.25, 0.3) is 0 Å². The number of para-hydroxylation sites is 1. The Morgan fingerprint density at radius 3 is 2.65 bits per heavy atom. The van der Waals surface area contributed by atoms with E-state index in [2.05, 4.69) is 64.7 Å². The molecule has 0 saturated carbocycles. The number of hydrogen-bond acceptors (Lipinski definition) is 4. The Hall–Kier alpha value is -2.24. The number of ether oxygens (including phenoxy) is 1. The van der Waals surface area contributed by atoms with E-state index in [1.165, 1.54) is 22.2 Å². The second-order valence-electron chi connectivity index (χ2n) is 6.66. The number of fused-ring (bicyclic) bond motifs is 1. The Morgan fingerprint density at radius 2 is 1.92 bits per heavy atom. The van der Waals surface area contributed by atoms with Gasteiger partial charge in [0.1, 0.15) is 0 Å². The highest BCUT2D eigenvalue weighted by Crippen LogP contribution is 2.21. The van der Waals surface area contributed by atoms with Crippen molar-refractivity contribution >= 4 is 10.9 Å². The Bertz CT molecular complexity index is 866. The van der Waals surface area contributed by atoms with Crippen LogP contribution >= 0.6 is 0 Å². The van der Waals surface area contributed by atoms with Crippen molar-refractivity contribution in [3.05, 3.63) is 59.0 Å². The molecule has 0 aliphatic heterocycles. The van der Waals surface area contributed by atoms with Gasteiger partial charge in [-0.2, -0.15) is 5.10 Å². The van der Waals surface area contributed by atoms with Crippen molar-refractivity contribution in [3.8, 4) is 0 Å². The molecule has 0 radical (unpaired) electrons. The summed E-state index contributed by atoms with van der Waals surface area (Å²) >= 11 is 0. The van der Waals surface area contributed by atoms with E-state index in [1.54, 1.807) is 7.11 Å². The van der Waals surface area contributed by atoms with Gasteiger partial charge >= 0.3 is 0 Å². The fourth-order valence-electron chi connectivity index (χ4n) is 3.46. The molecule has 138 valence electrons. The minimum atomic E-state index is 0.711. The van der Waals surface area contributed by atoms with E-state index in [-0.39, 0.29) is 0 Å². The van der Waals surface area contributed by atoms with Gasteiger partial charge in [0, 0.05) is 56.1 Å². The summed E-state index contributed by atoms with van der Waals surface area (Å²) in [7, 11) is 1.76. The largest absolute Gasteiger partial charge is 0.383 e. The summed E-state index contributed by atoms with van der Waals surface area (Å²) in [5.74, 6) is 0. The first-order chi connectivity index (χ1) is 12.6. The van der Waals surface area contributed by atoms with Crippen LogP contribution in [0.25, 0.3) is 10.9 Å². The van der Waals surface area contributed by atoms with Crippen LogP contribution in [0.2, 0.25) is 0 Å². The van der Waals surface area contributed by atoms with Gasteiger partial charge in [0.05, 0.1) is 17.8 Å². The third-order valence-electron chi connectivity index (χ3n) is 4.96. The van der Waals surface area contributed by atoms with Gasteiger partial charge in [-0.25, -0.2) is 0 Å². The molecule has 3 rings (SSSR count). The molecule has 0 unspecified atom stereocenters. The lowest BCUT2D eigenvalue weighted by atomic mass is 10.1. The molecule has 2 aromatic heterocycles. The van der Waals surface area contributed by atoms with E-state index >= 15 is 0 Å². The zero-order valence-electron chi connectivity index (χ0n) is 16.2. The molecule has 2 heterocycles. The normalized spacial score (nSPS) is 11.6. The minimum absolute atomic E-state index is 0.711. The highest BCUT2D eigenvalue weighted by atomic mass is 16.5. The summed E-state index contributed by atoms with van der Waals surface area (Å²) in [5.41, 5.74) is 6.03.